The Hall–Kier alpha value is -3.34. The summed E-state index contributed by atoms with van der Waals surface area (Å²) in [6.07, 6.45) is 3.61. The zero-order chi connectivity index (χ0) is 18.6. The summed E-state index contributed by atoms with van der Waals surface area (Å²) in [7, 11) is 1.63. The fourth-order valence-corrected chi connectivity index (χ4v) is 3.38. The molecule has 27 heavy (non-hydrogen) atoms. The molecule has 2 aromatic carbocycles. The van der Waals surface area contributed by atoms with E-state index in [-0.39, 0.29) is 5.91 Å². The number of aryl methyl sites for hydroxylation is 1. The van der Waals surface area contributed by atoms with Crippen LogP contribution in [-0.2, 0) is 6.42 Å². The largest absolute Gasteiger partial charge is 0.495 e. The van der Waals surface area contributed by atoms with Gasteiger partial charge in [-0.25, -0.2) is 4.98 Å². The van der Waals surface area contributed by atoms with Gasteiger partial charge in [0.05, 0.1) is 18.4 Å². The van der Waals surface area contributed by atoms with Crippen LogP contribution >= 0.6 is 0 Å². The molecule has 1 amide bonds. The lowest BCUT2D eigenvalue weighted by Crippen LogP contribution is -2.35. The van der Waals surface area contributed by atoms with Crippen molar-refractivity contribution in [3.63, 3.8) is 0 Å². The van der Waals surface area contributed by atoms with Crippen molar-refractivity contribution in [2.24, 2.45) is 0 Å². The molecule has 2 heterocycles. The van der Waals surface area contributed by atoms with Crippen LogP contribution in [0.2, 0.25) is 0 Å². The molecule has 0 atom stereocenters. The lowest BCUT2D eigenvalue weighted by atomic mass is 10.0. The fraction of sp³-hybridized carbons (Fsp3) is 0.182. The van der Waals surface area contributed by atoms with Crippen LogP contribution in [0.15, 0.2) is 66.9 Å². The molecule has 0 unspecified atom stereocenters. The molecule has 1 N–H and O–H groups in total. The molecular weight excluding hydrogens is 338 g/mol. The Morgan fingerprint density at radius 2 is 1.89 bits per heavy atom. The number of carbonyl (C=O) groups is 1. The highest BCUT2D eigenvalue weighted by Gasteiger charge is 2.23. The standard InChI is InChI=1S/C22H21N3O2/c1-27-20-11-5-3-9-18(20)24-21-13-12-17(15-23-21)22(26)25-14-6-8-16-7-2-4-10-19(16)25/h2-5,7,9-13,15H,6,8,14H2,1H3,(H,23,24). The van der Waals surface area contributed by atoms with Crippen molar-refractivity contribution in [3.8, 4) is 5.75 Å². The van der Waals surface area contributed by atoms with Gasteiger partial charge in [-0.05, 0) is 48.7 Å². The number of fused-ring (bicyclic) bond motifs is 1. The number of ether oxygens (including phenoxy) is 1. The number of hydrogen-bond acceptors (Lipinski definition) is 4. The number of aromatic nitrogens is 1. The van der Waals surface area contributed by atoms with E-state index in [1.54, 1.807) is 13.3 Å². The van der Waals surface area contributed by atoms with Crippen LogP contribution < -0.4 is 15.0 Å². The number of methoxy groups -OCH3 is 1. The first-order valence-electron chi connectivity index (χ1n) is 9.02. The number of pyridine rings is 1. The van der Waals surface area contributed by atoms with Crippen molar-refractivity contribution < 1.29 is 9.53 Å². The molecule has 1 aliphatic heterocycles. The Bertz CT molecular complexity index is 954. The van der Waals surface area contributed by atoms with E-state index in [9.17, 15) is 4.79 Å². The first kappa shape index (κ1) is 17.1. The number of amides is 1. The van der Waals surface area contributed by atoms with Gasteiger partial charge in [-0.1, -0.05) is 30.3 Å². The predicted molar refractivity (Wildman–Crippen MR) is 107 cm³/mol. The number of nitrogens with one attached hydrogen (secondary N) is 1. The van der Waals surface area contributed by atoms with Gasteiger partial charge in [0.15, 0.2) is 0 Å². The maximum Gasteiger partial charge on any atom is 0.259 e. The summed E-state index contributed by atoms with van der Waals surface area (Å²) in [5.41, 5.74) is 3.64. The topological polar surface area (TPSA) is 54.5 Å². The second kappa shape index (κ2) is 7.50. The van der Waals surface area contributed by atoms with Crippen LogP contribution in [0, 0.1) is 0 Å². The number of nitrogens with zero attached hydrogens (tertiary/aromatic N) is 2. The van der Waals surface area contributed by atoms with Crippen LogP contribution in [-0.4, -0.2) is 24.5 Å². The van der Waals surface area contributed by atoms with E-state index in [2.05, 4.69) is 16.4 Å². The number of carbonyl (C=O) groups excluding carboxylic acids is 1. The Morgan fingerprint density at radius 3 is 2.70 bits per heavy atom. The van der Waals surface area contributed by atoms with Gasteiger partial charge in [-0.3, -0.25) is 4.79 Å². The third-order valence-electron chi connectivity index (χ3n) is 4.74. The summed E-state index contributed by atoms with van der Waals surface area (Å²) >= 11 is 0. The Morgan fingerprint density at radius 1 is 1.07 bits per heavy atom. The monoisotopic (exact) mass is 359 g/mol. The van der Waals surface area contributed by atoms with Gasteiger partial charge < -0.3 is 15.0 Å². The Labute approximate surface area is 158 Å². The third-order valence-corrected chi connectivity index (χ3v) is 4.74. The van der Waals surface area contributed by atoms with Crippen LogP contribution in [0.4, 0.5) is 17.2 Å². The van der Waals surface area contributed by atoms with E-state index in [4.69, 9.17) is 4.74 Å². The van der Waals surface area contributed by atoms with Gasteiger partial charge in [0.2, 0.25) is 0 Å². The molecule has 4 rings (SSSR count). The minimum atomic E-state index is -0.0153. The van der Waals surface area contributed by atoms with E-state index in [1.807, 2.05) is 59.5 Å². The number of anilines is 3. The van der Waals surface area contributed by atoms with Crippen molar-refractivity contribution in [1.82, 2.24) is 4.98 Å². The van der Waals surface area contributed by atoms with E-state index in [0.717, 1.165) is 36.5 Å². The molecule has 0 radical (unpaired) electrons. The van der Waals surface area contributed by atoms with E-state index < -0.39 is 0 Å². The van der Waals surface area contributed by atoms with Crippen molar-refractivity contribution in [3.05, 3.63) is 78.0 Å². The molecule has 136 valence electrons. The molecule has 1 aromatic heterocycles. The number of benzene rings is 2. The Kier molecular flexibility index (Phi) is 4.75. The van der Waals surface area contributed by atoms with Crippen molar-refractivity contribution in [1.29, 1.82) is 0 Å². The van der Waals surface area contributed by atoms with E-state index in [1.165, 1.54) is 5.56 Å². The fourth-order valence-electron chi connectivity index (χ4n) is 3.38. The molecule has 3 aromatic rings. The van der Waals surface area contributed by atoms with Crippen LogP contribution in [0.3, 0.4) is 0 Å². The number of rotatable bonds is 4. The number of hydrogen-bond donors (Lipinski definition) is 1. The average Bonchev–Trinajstić information content (AvgIpc) is 2.74. The molecule has 1 aliphatic rings. The first-order chi connectivity index (χ1) is 13.3. The summed E-state index contributed by atoms with van der Waals surface area (Å²) in [6.45, 7) is 0.733. The second-order valence-electron chi connectivity index (χ2n) is 6.45. The SMILES string of the molecule is COc1ccccc1Nc1ccc(C(=O)N2CCCc3ccccc32)cn1. The molecule has 5 nitrogen and oxygen atoms in total. The smallest absolute Gasteiger partial charge is 0.259 e. The molecule has 0 fully saturated rings. The van der Waals surface area contributed by atoms with Gasteiger partial charge in [0.1, 0.15) is 11.6 Å². The maximum absolute atomic E-state index is 13.0. The second-order valence-corrected chi connectivity index (χ2v) is 6.45. The molecule has 0 saturated heterocycles. The van der Waals surface area contributed by atoms with Gasteiger partial charge in [-0.15, -0.1) is 0 Å². The molecule has 0 bridgehead atoms. The summed E-state index contributed by atoms with van der Waals surface area (Å²) in [5.74, 6) is 1.39. The highest BCUT2D eigenvalue weighted by atomic mass is 16.5. The third kappa shape index (κ3) is 3.49. The van der Waals surface area contributed by atoms with Gasteiger partial charge >= 0.3 is 0 Å². The summed E-state index contributed by atoms with van der Waals surface area (Å²) in [4.78, 5) is 19.2. The lowest BCUT2D eigenvalue weighted by Gasteiger charge is -2.29. The molecule has 0 aliphatic carbocycles. The summed E-state index contributed by atoms with van der Waals surface area (Å²) < 4.78 is 5.34. The Balaban J connectivity index is 1.54. The first-order valence-corrected chi connectivity index (χ1v) is 9.02. The van der Waals surface area contributed by atoms with Crippen molar-refractivity contribution >= 4 is 23.1 Å². The van der Waals surface area contributed by atoms with Crippen LogP contribution in [0.1, 0.15) is 22.3 Å². The molecule has 5 heteroatoms. The summed E-state index contributed by atoms with van der Waals surface area (Å²) in [5, 5.41) is 3.22. The van der Waals surface area contributed by atoms with Gasteiger partial charge in [0.25, 0.3) is 5.91 Å². The molecular formula is C22H21N3O2. The highest BCUT2D eigenvalue weighted by Crippen LogP contribution is 2.29. The maximum atomic E-state index is 13.0. The van der Waals surface area contributed by atoms with Crippen molar-refractivity contribution in [2.45, 2.75) is 12.8 Å². The van der Waals surface area contributed by atoms with Crippen molar-refractivity contribution in [2.75, 3.05) is 23.9 Å². The van der Waals surface area contributed by atoms with Crippen LogP contribution in [0.25, 0.3) is 0 Å². The normalized spacial score (nSPS) is 13.0. The van der Waals surface area contributed by atoms with Crippen LogP contribution in [0.5, 0.6) is 5.75 Å². The van der Waals surface area contributed by atoms with Gasteiger partial charge in [-0.2, -0.15) is 0 Å². The van der Waals surface area contributed by atoms with E-state index >= 15 is 0 Å². The van der Waals surface area contributed by atoms with E-state index in [0.29, 0.717) is 11.4 Å². The minimum Gasteiger partial charge on any atom is -0.495 e. The average molecular weight is 359 g/mol. The predicted octanol–water partition coefficient (Wildman–Crippen LogP) is 4.43. The lowest BCUT2D eigenvalue weighted by molar-refractivity contribution is 0.0985. The molecule has 0 spiro atoms. The highest BCUT2D eigenvalue weighted by molar-refractivity contribution is 6.06. The molecule has 0 saturated carbocycles. The zero-order valence-electron chi connectivity index (χ0n) is 15.2. The summed E-state index contributed by atoms with van der Waals surface area (Å²) in [6, 6.07) is 19.4. The zero-order valence-corrected chi connectivity index (χ0v) is 15.2. The quantitative estimate of drug-likeness (QED) is 0.749. The van der Waals surface area contributed by atoms with Gasteiger partial charge in [0, 0.05) is 18.4 Å². The minimum absolute atomic E-state index is 0.0153. The number of para-hydroxylation sites is 3.